The maximum atomic E-state index is 11.3. The van der Waals surface area contributed by atoms with Crippen molar-refractivity contribution >= 4 is 21.7 Å². The van der Waals surface area contributed by atoms with Gasteiger partial charge >= 0.3 is 5.97 Å². The average Bonchev–Trinajstić information content (AvgIpc) is 2.36. The first-order chi connectivity index (χ1) is 9.76. The fourth-order valence-corrected chi connectivity index (χ4v) is 2.61. The third-order valence-electron chi connectivity index (χ3n) is 2.88. The summed E-state index contributed by atoms with van der Waals surface area (Å²) >= 11 is 0. The number of hydrogen-bond acceptors (Lipinski definition) is 3. The second kappa shape index (κ2) is 5.57. The van der Waals surface area contributed by atoms with Gasteiger partial charge in [-0.3, -0.25) is 4.72 Å². The molecular weight excluding hydrogens is 290 g/mol. The first kappa shape index (κ1) is 15.1. The monoisotopic (exact) mass is 305 g/mol. The third-order valence-corrected chi connectivity index (χ3v) is 3.49. The Labute approximate surface area is 123 Å². The molecule has 0 heterocycles. The highest BCUT2D eigenvalue weighted by Gasteiger charge is 2.12. The van der Waals surface area contributed by atoms with Crippen molar-refractivity contribution in [2.45, 2.75) is 6.92 Å². The molecule has 0 saturated carbocycles. The molecule has 0 saturated heterocycles. The Bertz CT molecular complexity index is 797. The first-order valence-corrected chi connectivity index (χ1v) is 8.07. The van der Waals surface area contributed by atoms with Gasteiger partial charge in [-0.25, -0.2) is 13.2 Å². The van der Waals surface area contributed by atoms with Gasteiger partial charge in [-0.15, -0.1) is 0 Å². The maximum Gasteiger partial charge on any atom is 0.336 e. The number of carbonyl (C=O) groups is 1. The number of benzene rings is 2. The Balaban J connectivity index is 2.53. The van der Waals surface area contributed by atoms with E-state index in [1.807, 2.05) is 13.0 Å². The summed E-state index contributed by atoms with van der Waals surface area (Å²) < 4.78 is 24.9. The Kier molecular flexibility index (Phi) is 3.99. The zero-order chi connectivity index (χ0) is 15.6. The number of nitrogens with one attached hydrogen (secondary N) is 1. The van der Waals surface area contributed by atoms with Crippen LogP contribution in [0.15, 0.2) is 42.5 Å². The Morgan fingerprint density at radius 3 is 2.48 bits per heavy atom. The molecule has 0 aliphatic carbocycles. The van der Waals surface area contributed by atoms with Gasteiger partial charge in [0.05, 0.1) is 11.8 Å². The molecule has 0 radical (unpaired) electrons. The molecule has 0 atom stereocenters. The predicted octanol–water partition coefficient (Wildman–Crippen LogP) is 2.73. The van der Waals surface area contributed by atoms with E-state index in [1.165, 1.54) is 0 Å². The highest BCUT2D eigenvalue weighted by atomic mass is 32.2. The molecule has 2 rings (SSSR count). The van der Waals surface area contributed by atoms with Crippen LogP contribution in [0, 0.1) is 6.92 Å². The van der Waals surface area contributed by atoms with E-state index in [0.29, 0.717) is 16.8 Å². The summed E-state index contributed by atoms with van der Waals surface area (Å²) in [6, 6.07) is 11.8. The summed E-state index contributed by atoms with van der Waals surface area (Å²) in [6.45, 7) is 1.82. The van der Waals surface area contributed by atoms with E-state index in [9.17, 15) is 18.3 Å². The smallest absolute Gasteiger partial charge is 0.336 e. The summed E-state index contributed by atoms with van der Waals surface area (Å²) in [4.78, 5) is 11.3. The van der Waals surface area contributed by atoms with Crippen molar-refractivity contribution in [1.82, 2.24) is 0 Å². The molecule has 0 fully saturated rings. The van der Waals surface area contributed by atoms with Crippen molar-refractivity contribution in [3.05, 3.63) is 53.6 Å². The van der Waals surface area contributed by atoms with Crippen LogP contribution in [0.2, 0.25) is 0 Å². The lowest BCUT2D eigenvalue weighted by Crippen LogP contribution is -2.09. The molecular formula is C15H15NO4S. The van der Waals surface area contributed by atoms with Crippen LogP contribution in [0.3, 0.4) is 0 Å². The van der Waals surface area contributed by atoms with E-state index in [2.05, 4.69) is 4.72 Å². The number of aromatic carboxylic acids is 1. The minimum Gasteiger partial charge on any atom is -0.478 e. The molecule has 5 nitrogen and oxygen atoms in total. The highest BCUT2D eigenvalue weighted by Crippen LogP contribution is 2.27. The van der Waals surface area contributed by atoms with Crippen molar-refractivity contribution < 1.29 is 18.3 Å². The van der Waals surface area contributed by atoms with Gasteiger partial charge in [0, 0.05) is 5.69 Å². The van der Waals surface area contributed by atoms with E-state index in [0.717, 1.165) is 11.8 Å². The predicted molar refractivity (Wildman–Crippen MR) is 82.0 cm³/mol. The zero-order valence-corrected chi connectivity index (χ0v) is 12.4. The quantitative estimate of drug-likeness (QED) is 0.909. The van der Waals surface area contributed by atoms with Crippen molar-refractivity contribution in [2.24, 2.45) is 0 Å². The number of anilines is 1. The maximum absolute atomic E-state index is 11.3. The van der Waals surface area contributed by atoms with Crippen LogP contribution in [0.1, 0.15) is 15.9 Å². The lowest BCUT2D eigenvalue weighted by Gasteiger charge is -2.10. The van der Waals surface area contributed by atoms with Crippen LogP contribution in [-0.2, 0) is 10.0 Å². The Hall–Kier alpha value is -2.34. The van der Waals surface area contributed by atoms with Crippen LogP contribution in [0.5, 0.6) is 0 Å². The van der Waals surface area contributed by atoms with E-state index in [-0.39, 0.29) is 5.56 Å². The van der Waals surface area contributed by atoms with Crippen LogP contribution in [-0.4, -0.2) is 25.7 Å². The molecule has 0 unspecified atom stereocenters. The molecule has 110 valence electrons. The topological polar surface area (TPSA) is 83.5 Å². The molecule has 0 aliphatic rings. The summed E-state index contributed by atoms with van der Waals surface area (Å²) in [6.07, 6.45) is 1.06. The van der Waals surface area contributed by atoms with E-state index in [4.69, 9.17) is 0 Å². The van der Waals surface area contributed by atoms with E-state index < -0.39 is 16.0 Å². The van der Waals surface area contributed by atoms with Gasteiger partial charge in [0.15, 0.2) is 0 Å². The lowest BCUT2D eigenvalue weighted by molar-refractivity contribution is 0.0697. The summed E-state index contributed by atoms with van der Waals surface area (Å²) in [5.74, 6) is -1.02. The normalized spacial score (nSPS) is 11.1. The van der Waals surface area contributed by atoms with Crippen LogP contribution >= 0.6 is 0 Å². The van der Waals surface area contributed by atoms with Crippen molar-refractivity contribution in [2.75, 3.05) is 11.0 Å². The zero-order valence-electron chi connectivity index (χ0n) is 11.6. The number of rotatable bonds is 4. The SMILES string of the molecule is Cc1ccc(-c2cccc(NS(C)(=O)=O)c2)c(C(=O)O)c1. The third kappa shape index (κ3) is 3.82. The molecule has 0 spiro atoms. The van der Waals surface area contributed by atoms with Gasteiger partial charge in [0.2, 0.25) is 10.0 Å². The first-order valence-electron chi connectivity index (χ1n) is 6.18. The van der Waals surface area contributed by atoms with E-state index >= 15 is 0 Å². The minimum atomic E-state index is -3.38. The van der Waals surface area contributed by atoms with Crippen molar-refractivity contribution in [3.8, 4) is 11.1 Å². The van der Waals surface area contributed by atoms with Gasteiger partial charge in [-0.05, 0) is 36.2 Å². The second-order valence-corrected chi connectivity index (χ2v) is 6.56. The van der Waals surface area contributed by atoms with Crippen LogP contribution in [0.25, 0.3) is 11.1 Å². The molecule has 21 heavy (non-hydrogen) atoms. The largest absolute Gasteiger partial charge is 0.478 e. The fraction of sp³-hybridized carbons (Fsp3) is 0.133. The molecule has 2 N–H and O–H groups in total. The van der Waals surface area contributed by atoms with Gasteiger partial charge in [-0.2, -0.15) is 0 Å². The molecule has 0 aliphatic heterocycles. The molecule has 0 bridgehead atoms. The lowest BCUT2D eigenvalue weighted by atomic mass is 9.97. The van der Waals surface area contributed by atoms with Gasteiger partial charge in [-0.1, -0.05) is 29.8 Å². The molecule has 2 aromatic rings. The summed E-state index contributed by atoms with van der Waals surface area (Å²) in [7, 11) is -3.38. The molecule has 2 aromatic carbocycles. The number of aryl methyl sites for hydroxylation is 1. The molecule has 0 amide bonds. The number of sulfonamides is 1. The average molecular weight is 305 g/mol. The minimum absolute atomic E-state index is 0.187. The molecule has 6 heteroatoms. The number of carboxylic acids is 1. The molecule has 0 aromatic heterocycles. The van der Waals surface area contributed by atoms with Gasteiger partial charge in [0.25, 0.3) is 0 Å². The van der Waals surface area contributed by atoms with Gasteiger partial charge in [0.1, 0.15) is 0 Å². The Morgan fingerprint density at radius 1 is 1.14 bits per heavy atom. The Morgan fingerprint density at radius 2 is 1.86 bits per heavy atom. The van der Waals surface area contributed by atoms with Gasteiger partial charge < -0.3 is 5.11 Å². The summed E-state index contributed by atoms with van der Waals surface area (Å²) in [5, 5.41) is 9.30. The van der Waals surface area contributed by atoms with Crippen LogP contribution < -0.4 is 4.72 Å². The van der Waals surface area contributed by atoms with Crippen LogP contribution in [0.4, 0.5) is 5.69 Å². The summed E-state index contributed by atoms with van der Waals surface area (Å²) in [5.41, 5.74) is 2.62. The number of hydrogen-bond donors (Lipinski definition) is 2. The second-order valence-electron chi connectivity index (χ2n) is 4.81. The van der Waals surface area contributed by atoms with Crippen molar-refractivity contribution in [1.29, 1.82) is 0 Å². The fourth-order valence-electron chi connectivity index (χ4n) is 2.05. The van der Waals surface area contributed by atoms with E-state index in [1.54, 1.807) is 36.4 Å². The highest BCUT2D eigenvalue weighted by molar-refractivity contribution is 7.92. The standard InChI is InChI=1S/C15H15NO4S/c1-10-6-7-13(14(8-10)15(17)18)11-4-3-5-12(9-11)16-21(2,19)20/h3-9,16H,1-2H3,(H,17,18). The number of carboxylic acid groups (broad SMARTS) is 1. The van der Waals surface area contributed by atoms with Crippen molar-refractivity contribution in [3.63, 3.8) is 0 Å².